The number of nitriles is 1. The molecular formula is C9H6N2O4S. The zero-order chi connectivity index (χ0) is 12.1. The minimum Gasteiger partial charge on any atom is -0.465 e. The van der Waals surface area contributed by atoms with E-state index in [0.29, 0.717) is 5.56 Å². The van der Waals surface area contributed by atoms with Crippen LogP contribution in [0.25, 0.3) is 6.08 Å². The van der Waals surface area contributed by atoms with Crippen LogP contribution in [0.2, 0.25) is 0 Å². The number of methoxy groups -OCH3 is 1. The molecule has 7 heteroatoms. The fourth-order valence-corrected chi connectivity index (χ4v) is 1.61. The van der Waals surface area contributed by atoms with Crippen molar-refractivity contribution in [2.24, 2.45) is 0 Å². The molecule has 1 aromatic heterocycles. The van der Waals surface area contributed by atoms with Gasteiger partial charge in [-0.2, -0.15) is 5.26 Å². The molecule has 0 saturated heterocycles. The molecule has 0 radical (unpaired) electrons. The van der Waals surface area contributed by atoms with E-state index in [1.807, 2.05) is 0 Å². The summed E-state index contributed by atoms with van der Waals surface area (Å²) in [7, 11) is 1.16. The van der Waals surface area contributed by atoms with E-state index in [9.17, 15) is 14.9 Å². The molecule has 0 fully saturated rings. The lowest BCUT2D eigenvalue weighted by molar-refractivity contribution is -0.380. The van der Waals surface area contributed by atoms with Crippen LogP contribution in [0.1, 0.15) is 5.56 Å². The van der Waals surface area contributed by atoms with Crippen LogP contribution in [0, 0.1) is 21.4 Å². The highest BCUT2D eigenvalue weighted by Gasteiger charge is 2.12. The highest BCUT2D eigenvalue weighted by atomic mass is 32.1. The lowest BCUT2D eigenvalue weighted by atomic mass is 10.2. The van der Waals surface area contributed by atoms with E-state index < -0.39 is 10.9 Å². The van der Waals surface area contributed by atoms with E-state index in [-0.39, 0.29) is 10.6 Å². The molecule has 0 aromatic carbocycles. The summed E-state index contributed by atoms with van der Waals surface area (Å²) in [5, 5.41) is 20.5. The van der Waals surface area contributed by atoms with Crippen molar-refractivity contribution < 1.29 is 14.5 Å². The monoisotopic (exact) mass is 238 g/mol. The standard InChI is InChI=1S/C9H6N2O4S/c1-15-9(12)7(4-10)2-6-3-8(11(13)14)16-5-6/h2-3,5H,1H3/b7-2-. The van der Waals surface area contributed by atoms with Crippen LogP contribution in [0.3, 0.4) is 0 Å². The van der Waals surface area contributed by atoms with Crippen LogP contribution in [-0.2, 0) is 9.53 Å². The van der Waals surface area contributed by atoms with E-state index in [1.165, 1.54) is 17.5 Å². The Labute approximate surface area is 94.5 Å². The molecule has 0 atom stereocenters. The highest BCUT2D eigenvalue weighted by Crippen LogP contribution is 2.24. The van der Waals surface area contributed by atoms with Crippen molar-refractivity contribution in [3.63, 3.8) is 0 Å². The zero-order valence-electron chi connectivity index (χ0n) is 8.17. The molecule has 0 saturated carbocycles. The Morgan fingerprint density at radius 2 is 2.44 bits per heavy atom. The van der Waals surface area contributed by atoms with E-state index in [0.717, 1.165) is 18.4 Å². The number of carbonyl (C=O) groups is 1. The summed E-state index contributed by atoms with van der Waals surface area (Å²) < 4.78 is 4.37. The van der Waals surface area contributed by atoms with Crippen molar-refractivity contribution >= 4 is 28.4 Å². The zero-order valence-corrected chi connectivity index (χ0v) is 8.98. The summed E-state index contributed by atoms with van der Waals surface area (Å²) in [6.07, 6.45) is 1.25. The summed E-state index contributed by atoms with van der Waals surface area (Å²) in [6, 6.07) is 2.94. The van der Waals surface area contributed by atoms with Gasteiger partial charge in [-0.25, -0.2) is 4.79 Å². The largest absolute Gasteiger partial charge is 0.465 e. The van der Waals surface area contributed by atoms with Gasteiger partial charge in [-0.1, -0.05) is 11.3 Å². The Morgan fingerprint density at radius 1 is 1.75 bits per heavy atom. The maximum absolute atomic E-state index is 11.0. The highest BCUT2D eigenvalue weighted by molar-refractivity contribution is 7.13. The number of thiophene rings is 1. The molecule has 0 aliphatic heterocycles. The number of ether oxygens (including phenoxy) is 1. The smallest absolute Gasteiger partial charge is 0.348 e. The Bertz CT molecular complexity index is 498. The van der Waals surface area contributed by atoms with Crippen molar-refractivity contribution in [1.29, 1.82) is 5.26 Å². The van der Waals surface area contributed by atoms with Gasteiger partial charge in [0.25, 0.3) is 0 Å². The van der Waals surface area contributed by atoms with Crippen molar-refractivity contribution in [2.75, 3.05) is 7.11 Å². The van der Waals surface area contributed by atoms with Crippen LogP contribution in [-0.4, -0.2) is 18.0 Å². The van der Waals surface area contributed by atoms with Crippen LogP contribution < -0.4 is 0 Å². The summed E-state index contributed by atoms with van der Waals surface area (Å²) in [5.41, 5.74) is 0.230. The normalized spacial score (nSPS) is 10.6. The van der Waals surface area contributed by atoms with Crippen LogP contribution in [0.4, 0.5) is 5.00 Å². The average molecular weight is 238 g/mol. The number of nitrogens with zero attached hydrogens (tertiary/aromatic N) is 2. The van der Waals surface area contributed by atoms with Crippen LogP contribution in [0.15, 0.2) is 17.0 Å². The van der Waals surface area contributed by atoms with Gasteiger partial charge >= 0.3 is 11.0 Å². The summed E-state index contributed by atoms with van der Waals surface area (Å²) in [4.78, 5) is 20.9. The molecule has 0 N–H and O–H groups in total. The fourth-order valence-electron chi connectivity index (χ4n) is 0.924. The van der Waals surface area contributed by atoms with Gasteiger partial charge in [-0.3, -0.25) is 10.1 Å². The summed E-state index contributed by atoms with van der Waals surface area (Å²) >= 11 is 0.924. The van der Waals surface area contributed by atoms with Crippen molar-refractivity contribution in [3.05, 3.63) is 32.7 Å². The molecule has 0 spiro atoms. The third-order valence-corrected chi connectivity index (χ3v) is 2.52. The van der Waals surface area contributed by atoms with Crippen molar-refractivity contribution in [3.8, 4) is 6.07 Å². The van der Waals surface area contributed by atoms with Gasteiger partial charge in [0.05, 0.1) is 12.0 Å². The first-order valence-electron chi connectivity index (χ1n) is 4.01. The molecule has 1 rings (SSSR count). The Kier molecular flexibility index (Phi) is 3.74. The van der Waals surface area contributed by atoms with E-state index in [1.54, 1.807) is 6.07 Å². The van der Waals surface area contributed by atoms with Gasteiger partial charge in [0.15, 0.2) is 0 Å². The molecule has 6 nitrogen and oxygen atoms in total. The number of nitro groups is 1. The van der Waals surface area contributed by atoms with Gasteiger partial charge < -0.3 is 4.74 Å². The topological polar surface area (TPSA) is 93.2 Å². The minimum absolute atomic E-state index is 0.0478. The van der Waals surface area contributed by atoms with Gasteiger partial charge in [-0.15, -0.1) is 0 Å². The Balaban J connectivity index is 3.01. The number of carbonyl (C=O) groups excluding carboxylic acids is 1. The molecule has 1 aromatic rings. The maximum Gasteiger partial charge on any atom is 0.348 e. The number of esters is 1. The second-order valence-corrected chi connectivity index (χ2v) is 3.53. The fraction of sp³-hybridized carbons (Fsp3) is 0.111. The SMILES string of the molecule is COC(=O)/C(C#N)=C\c1csc([N+](=O)[O-])c1. The predicted molar refractivity (Wildman–Crippen MR) is 56.6 cm³/mol. The van der Waals surface area contributed by atoms with Crippen molar-refractivity contribution in [1.82, 2.24) is 0 Å². The second kappa shape index (κ2) is 5.04. The molecule has 82 valence electrons. The van der Waals surface area contributed by atoms with Gasteiger partial charge in [0.2, 0.25) is 0 Å². The van der Waals surface area contributed by atoms with E-state index in [4.69, 9.17) is 5.26 Å². The molecule has 16 heavy (non-hydrogen) atoms. The van der Waals surface area contributed by atoms with Gasteiger partial charge in [-0.05, 0) is 11.6 Å². The lowest BCUT2D eigenvalue weighted by Gasteiger charge is -1.93. The first kappa shape index (κ1) is 11.9. The Hall–Kier alpha value is -2.20. The molecule has 0 aliphatic carbocycles. The van der Waals surface area contributed by atoms with Crippen LogP contribution in [0.5, 0.6) is 0 Å². The van der Waals surface area contributed by atoms with Gasteiger partial charge in [0, 0.05) is 11.4 Å². The maximum atomic E-state index is 11.0. The van der Waals surface area contributed by atoms with Gasteiger partial charge in [0.1, 0.15) is 11.6 Å². The second-order valence-electron chi connectivity index (χ2n) is 2.64. The first-order chi connectivity index (χ1) is 7.58. The molecule has 0 amide bonds. The van der Waals surface area contributed by atoms with Crippen molar-refractivity contribution in [2.45, 2.75) is 0 Å². The third-order valence-electron chi connectivity index (χ3n) is 1.62. The lowest BCUT2D eigenvalue weighted by Crippen LogP contribution is -2.02. The molecule has 1 heterocycles. The molecule has 0 unspecified atom stereocenters. The quantitative estimate of drug-likeness (QED) is 0.263. The number of rotatable bonds is 3. The molecule has 0 bridgehead atoms. The molecule has 0 aliphatic rings. The number of hydrogen-bond donors (Lipinski definition) is 0. The minimum atomic E-state index is -0.767. The average Bonchev–Trinajstić information content (AvgIpc) is 2.73. The van der Waals surface area contributed by atoms with E-state index >= 15 is 0 Å². The Morgan fingerprint density at radius 3 is 2.88 bits per heavy atom. The van der Waals surface area contributed by atoms with E-state index in [2.05, 4.69) is 4.74 Å². The first-order valence-corrected chi connectivity index (χ1v) is 4.89. The third kappa shape index (κ3) is 2.65. The molecular weight excluding hydrogens is 232 g/mol. The number of hydrogen-bond acceptors (Lipinski definition) is 6. The summed E-state index contributed by atoms with van der Waals surface area (Å²) in [5.74, 6) is -0.767. The summed E-state index contributed by atoms with van der Waals surface area (Å²) in [6.45, 7) is 0. The predicted octanol–water partition coefficient (Wildman–Crippen LogP) is 1.74. The van der Waals surface area contributed by atoms with Crippen LogP contribution >= 0.6 is 11.3 Å².